The number of carbonyl (C=O) groups is 3. The van der Waals surface area contributed by atoms with Gasteiger partial charge in [-0.15, -0.1) is 0 Å². The van der Waals surface area contributed by atoms with Crippen molar-refractivity contribution in [2.75, 3.05) is 32.8 Å². The molecule has 1 aromatic rings. The summed E-state index contributed by atoms with van der Waals surface area (Å²) in [4.78, 5) is 40.1. The van der Waals surface area contributed by atoms with Crippen LogP contribution < -0.4 is 10.6 Å². The van der Waals surface area contributed by atoms with E-state index in [-0.39, 0.29) is 23.5 Å². The summed E-state index contributed by atoms with van der Waals surface area (Å²) in [5.41, 5.74) is 0.185. The fourth-order valence-electron chi connectivity index (χ4n) is 4.40. The largest absolute Gasteiger partial charge is 0.380 e. The molecule has 9 heteroatoms. The summed E-state index contributed by atoms with van der Waals surface area (Å²) in [6, 6.07) is 1.10. The van der Waals surface area contributed by atoms with E-state index in [4.69, 9.17) is 9.26 Å². The zero-order valence-corrected chi connectivity index (χ0v) is 19.4. The van der Waals surface area contributed by atoms with E-state index in [1.54, 1.807) is 17.9 Å². The van der Waals surface area contributed by atoms with Gasteiger partial charge in [-0.3, -0.25) is 14.4 Å². The summed E-state index contributed by atoms with van der Waals surface area (Å²) in [5.74, 6) is 0.168. The van der Waals surface area contributed by atoms with Gasteiger partial charge in [0.15, 0.2) is 0 Å². The lowest BCUT2D eigenvalue weighted by Gasteiger charge is -2.41. The Hall–Kier alpha value is -2.42. The maximum absolute atomic E-state index is 13.2. The molecule has 0 aliphatic carbocycles. The van der Waals surface area contributed by atoms with E-state index < -0.39 is 11.5 Å². The number of piperidine rings is 1. The monoisotopic (exact) mass is 448 g/mol. The van der Waals surface area contributed by atoms with Gasteiger partial charge in [-0.2, -0.15) is 0 Å². The van der Waals surface area contributed by atoms with Crippen molar-refractivity contribution in [2.24, 2.45) is 11.3 Å². The Morgan fingerprint density at radius 3 is 2.69 bits per heavy atom. The van der Waals surface area contributed by atoms with Crippen LogP contribution in [0.1, 0.15) is 69.1 Å². The highest BCUT2D eigenvalue weighted by Crippen LogP contribution is 2.37. The van der Waals surface area contributed by atoms with Crippen LogP contribution in [0, 0.1) is 11.3 Å². The van der Waals surface area contributed by atoms with Gasteiger partial charge in [0, 0.05) is 32.3 Å². The summed E-state index contributed by atoms with van der Waals surface area (Å²) >= 11 is 0. The number of aromatic nitrogens is 1. The molecule has 2 saturated heterocycles. The van der Waals surface area contributed by atoms with E-state index in [0.717, 1.165) is 25.0 Å². The zero-order valence-electron chi connectivity index (χ0n) is 19.4. The summed E-state index contributed by atoms with van der Waals surface area (Å²) in [7, 11) is 0. The molecule has 0 radical (unpaired) electrons. The van der Waals surface area contributed by atoms with Crippen LogP contribution in [-0.2, 0) is 20.7 Å². The number of carbonyl (C=O) groups excluding carboxylic acids is 3. The maximum atomic E-state index is 13.2. The number of likely N-dealkylation sites (tertiary alicyclic amines) is 1. The molecule has 2 aliphatic rings. The molecule has 3 amide bonds. The van der Waals surface area contributed by atoms with Gasteiger partial charge in [0.25, 0.3) is 5.91 Å². The van der Waals surface area contributed by atoms with Crippen LogP contribution in [0.5, 0.6) is 0 Å². The lowest BCUT2D eigenvalue weighted by molar-refractivity contribution is -0.137. The van der Waals surface area contributed by atoms with Gasteiger partial charge in [-0.05, 0) is 44.9 Å². The first-order chi connectivity index (χ1) is 15.3. The Morgan fingerprint density at radius 2 is 1.97 bits per heavy atom. The van der Waals surface area contributed by atoms with Gasteiger partial charge >= 0.3 is 0 Å². The fraction of sp³-hybridized carbons (Fsp3) is 0.739. The van der Waals surface area contributed by atoms with Crippen molar-refractivity contribution in [3.05, 3.63) is 17.5 Å². The zero-order chi connectivity index (χ0) is 23.1. The number of amides is 3. The summed E-state index contributed by atoms with van der Waals surface area (Å²) in [5, 5.41) is 9.70. The second kappa shape index (κ2) is 10.9. The predicted molar refractivity (Wildman–Crippen MR) is 118 cm³/mol. The Kier molecular flexibility index (Phi) is 8.28. The van der Waals surface area contributed by atoms with Crippen LogP contribution in [0.4, 0.5) is 0 Å². The lowest BCUT2D eigenvalue weighted by Crippen LogP contribution is -2.54. The van der Waals surface area contributed by atoms with Crippen molar-refractivity contribution >= 4 is 17.7 Å². The van der Waals surface area contributed by atoms with Crippen LogP contribution in [-0.4, -0.2) is 66.7 Å². The average molecular weight is 449 g/mol. The molecule has 32 heavy (non-hydrogen) atoms. The molecule has 0 unspecified atom stereocenters. The smallest absolute Gasteiger partial charge is 0.292 e. The quantitative estimate of drug-likeness (QED) is 0.730. The third-order valence-corrected chi connectivity index (χ3v) is 6.36. The third kappa shape index (κ3) is 6.09. The number of hydrogen-bond donors (Lipinski definition) is 2. The molecule has 9 nitrogen and oxygen atoms in total. The van der Waals surface area contributed by atoms with Crippen molar-refractivity contribution in [1.82, 2.24) is 20.7 Å². The fourth-order valence-corrected chi connectivity index (χ4v) is 4.40. The van der Waals surface area contributed by atoms with E-state index in [1.165, 1.54) is 0 Å². The summed E-state index contributed by atoms with van der Waals surface area (Å²) in [6.45, 7) is 8.31. The van der Waals surface area contributed by atoms with Crippen LogP contribution in [0.25, 0.3) is 0 Å². The second-order valence-corrected chi connectivity index (χ2v) is 9.41. The molecule has 0 aromatic carbocycles. The van der Waals surface area contributed by atoms with E-state index in [1.807, 2.05) is 0 Å². The van der Waals surface area contributed by atoms with Crippen molar-refractivity contribution in [3.8, 4) is 0 Å². The van der Waals surface area contributed by atoms with E-state index in [9.17, 15) is 14.4 Å². The highest BCUT2D eigenvalue weighted by Gasteiger charge is 2.43. The Balaban J connectivity index is 1.66. The minimum Gasteiger partial charge on any atom is -0.380 e. The minimum absolute atomic E-state index is 0.105. The first kappa shape index (κ1) is 24.2. The van der Waals surface area contributed by atoms with Gasteiger partial charge < -0.3 is 24.8 Å². The molecule has 1 atom stereocenters. The minimum atomic E-state index is -0.617. The third-order valence-electron chi connectivity index (χ3n) is 6.36. The van der Waals surface area contributed by atoms with Gasteiger partial charge in [0.05, 0.1) is 17.7 Å². The first-order valence-electron chi connectivity index (χ1n) is 11.7. The van der Waals surface area contributed by atoms with Crippen molar-refractivity contribution < 1.29 is 23.6 Å². The van der Waals surface area contributed by atoms with E-state index in [0.29, 0.717) is 58.0 Å². The second-order valence-electron chi connectivity index (χ2n) is 9.41. The SMILES string of the molecule is CC(C)Cc1cc(C(=O)N2CCC3(CCCCOCCNC(=O)[C@H](C)NC3=O)CC2)on1. The number of ether oxygens (including phenoxy) is 1. The number of nitrogens with one attached hydrogen (secondary N) is 2. The van der Waals surface area contributed by atoms with Crippen molar-refractivity contribution in [3.63, 3.8) is 0 Å². The molecular weight excluding hydrogens is 412 g/mol. The number of nitrogens with zero attached hydrogens (tertiary/aromatic N) is 2. The van der Waals surface area contributed by atoms with Gasteiger partial charge in [-0.1, -0.05) is 25.4 Å². The normalized spacial score (nSPS) is 23.1. The molecule has 2 fully saturated rings. The highest BCUT2D eigenvalue weighted by atomic mass is 16.5. The number of hydrogen-bond acceptors (Lipinski definition) is 6. The Labute approximate surface area is 189 Å². The van der Waals surface area contributed by atoms with Gasteiger partial charge in [-0.25, -0.2) is 0 Å². The van der Waals surface area contributed by atoms with Crippen molar-refractivity contribution in [1.29, 1.82) is 0 Å². The first-order valence-corrected chi connectivity index (χ1v) is 11.7. The average Bonchev–Trinajstić information content (AvgIpc) is 3.22. The molecule has 178 valence electrons. The molecule has 2 N–H and O–H groups in total. The molecule has 2 aliphatic heterocycles. The van der Waals surface area contributed by atoms with E-state index >= 15 is 0 Å². The molecule has 0 bridgehead atoms. The Morgan fingerprint density at radius 1 is 1.22 bits per heavy atom. The maximum Gasteiger partial charge on any atom is 0.292 e. The van der Waals surface area contributed by atoms with Crippen LogP contribution in [0.3, 0.4) is 0 Å². The number of rotatable bonds is 3. The molecule has 3 rings (SSSR count). The van der Waals surface area contributed by atoms with Gasteiger partial charge in [0.1, 0.15) is 6.04 Å². The molecule has 3 heterocycles. The molecule has 0 saturated carbocycles. The molecule has 1 spiro atoms. The van der Waals surface area contributed by atoms with Crippen LogP contribution >= 0.6 is 0 Å². The van der Waals surface area contributed by atoms with Crippen LogP contribution in [0.2, 0.25) is 0 Å². The Bertz CT molecular complexity index is 798. The lowest BCUT2D eigenvalue weighted by atomic mass is 9.73. The van der Waals surface area contributed by atoms with Crippen LogP contribution in [0.15, 0.2) is 10.6 Å². The highest BCUT2D eigenvalue weighted by molar-refractivity contribution is 5.92. The molecule has 1 aromatic heterocycles. The predicted octanol–water partition coefficient (Wildman–Crippen LogP) is 1.92. The molecular formula is C23H36N4O5. The van der Waals surface area contributed by atoms with E-state index in [2.05, 4.69) is 29.6 Å². The standard InChI is InChI=1S/C23H36N4O5/c1-16(2)14-18-15-19(32-26-18)21(29)27-10-7-23(8-11-27)6-4-5-12-31-13-9-24-20(28)17(3)25-22(23)30/h15-17H,4-14H2,1-3H3,(H,24,28)(H,25,30)/t17-/m0/s1. The summed E-state index contributed by atoms with van der Waals surface area (Å²) < 4.78 is 10.9. The summed E-state index contributed by atoms with van der Waals surface area (Å²) in [6.07, 6.45) is 4.28. The van der Waals surface area contributed by atoms with Gasteiger partial charge in [0.2, 0.25) is 17.6 Å². The topological polar surface area (TPSA) is 114 Å². The van der Waals surface area contributed by atoms with Crippen molar-refractivity contribution in [2.45, 2.75) is 65.3 Å².